The Morgan fingerprint density at radius 1 is 0.912 bits per heavy atom. The molecule has 0 unspecified atom stereocenters. The summed E-state index contributed by atoms with van der Waals surface area (Å²) in [5, 5.41) is 12.7. The molecule has 0 radical (unpaired) electrons. The minimum Gasteiger partial charge on any atom is -0.497 e. The van der Waals surface area contributed by atoms with E-state index in [1.54, 1.807) is 20.5 Å². The summed E-state index contributed by atoms with van der Waals surface area (Å²) in [6, 6.07) is 19.9. The second kappa shape index (κ2) is 9.96. The molecule has 0 saturated carbocycles. The van der Waals surface area contributed by atoms with E-state index in [-0.39, 0.29) is 6.04 Å². The van der Waals surface area contributed by atoms with Gasteiger partial charge in [-0.05, 0) is 52.9 Å². The van der Waals surface area contributed by atoms with Crippen LogP contribution >= 0.6 is 0 Å². The Morgan fingerprint density at radius 3 is 2.41 bits per heavy atom. The smallest absolute Gasteiger partial charge is 0.173 e. The third-order valence-electron chi connectivity index (χ3n) is 6.24. The van der Waals surface area contributed by atoms with Crippen LogP contribution in [0.2, 0.25) is 0 Å². The lowest BCUT2D eigenvalue weighted by Crippen LogP contribution is -2.48. The molecular weight excluding hydrogens is 432 g/mol. The van der Waals surface area contributed by atoms with Crippen molar-refractivity contribution in [3.63, 3.8) is 0 Å². The highest BCUT2D eigenvalue weighted by Crippen LogP contribution is 2.35. The van der Waals surface area contributed by atoms with Crippen LogP contribution in [0.3, 0.4) is 0 Å². The Labute approximate surface area is 198 Å². The molecule has 0 bridgehead atoms. The zero-order valence-corrected chi connectivity index (χ0v) is 19.4. The van der Waals surface area contributed by atoms with Crippen LogP contribution in [0.15, 0.2) is 71.3 Å². The monoisotopic (exact) mass is 460 g/mol. The van der Waals surface area contributed by atoms with E-state index in [0.717, 1.165) is 54.8 Å². The van der Waals surface area contributed by atoms with E-state index in [2.05, 4.69) is 43.5 Å². The molecule has 0 aliphatic carbocycles. The average molecular weight is 461 g/mol. The summed E-state index contributed by atoms with van der Waals surface area (Å²) >= 11 is 0. The molecule has 4 aromatic rings. The van der Waals surface area contributed by atoms with Gasteiger partial charge in [-0.2, -0.15) is 0 Å². The second-order valence-corrected chi connectivity index (χ2v) is 8.14. The van der Waals surface area contributed by atoms with Crippen molar-refractivity contribution in [1.82, 2.24) is 25.1 Å². The minimum atomic E-state index is -0.154. The maximum atomic E-state index is 5.73. The molecule has 0 N–H and O–H groups in total. The number of hydrogen-bond acceptors (Lipinski definition) is 8. The third kappa shape index (κ3) is 4.47. The van der Waals surface area contributed by atoms with Crippen LogP contribution in [0.25, 0.3) is 0 Å². The zero-order valence-electron chi connectivity index (χ0n) is 19.4. The fourth-order valence-electron chi connectivity index (χ4n) is 4.49. The summed E-state index contributed by atoms with van der Waals surface area (Å²) in [4.78, 5) is 4.81. The summed E-state index contributed by atoms with van der Waals surface area (Å²) in [6.07, 6.45) is 1.66. The highest BCUT2D eigenvalue weighted by molar-refractivity contribution is 5.49. The molecule has 9 heteroatoms. The second-order valence-electron chi connectivity index (χ2n) is 8.14. The standard InChI is InChI=1S/C25H28N6O3/c1-32-20-11-9-19(10-12-20)29-13-15-30(16-14-29)24(22-7-3-4-8-23(22)33-2)25-26-27-28-31(25)18-21-6-5-17-34-21/h3-12,17,24H,13-16,18H2,1-2H3/t24-/m1/s1. The predicted octanol–water partition coefficient (Wildman–Crippen LogP) is 3.24. The van der Waals surface area contributed by atoms with Crippen molar-refractivity contribution in [2.45, 2.75) is 12.6 Å². The maximum absolute atomic E-state index is 5.73. The van der Waals surface area contributed by atoms with E-state index in [4.69, 9.17) is 13.9 Å². The summed E-state index contributed by atoms with van der Waals surface area (Å²) in [7, 11) is 3.38. The van der Waals surface area contributed by atoms with E-state index in [1.807, 2.05) is 47.1 Å². The molecule has 1 saturated heterocycles. The van der Waals surface area contributed by atoms with Gasteiger partial charge < -0.3 is 18.8 Å². The molecule has 9 nitrogen and oxygen atoms in total. The number of furan rings is 1. The number of hydrogen-bond donors (Lipinski definition) is 0. The van der Waals surface area contributed by atoms with Gasteiger partial charge in [0, 0.05) is 37.4 Å². The van der Waals surface area contributed by atoms with Crippen molar-refractivity contribution >= 4 is 5.69 Å². The Bertz CT molecular complexity index is 1180. The van der Waals surface area contributed by atoms with Crippen molar-refractivity contribution in [1.29, 1.82) is 0 Å². The fourth-order valence-corrected chi connectivity index (χ4v) is 4.49. The molecule has 2 aromatic carbocycles. The Morgan fingerprint density at radius 2 is 1.71 bits per heavy atom. The first-order valence-corrected chi connectivity index (χ1v) is 11.3. The van der Waals surface area contributed by atoms with Gasteiger partial charge in [0.1, 0.15) is 29.8 Å². The molecule has 1 fully saturated rings. The third-order valence-corrected chi connectivity index (χ3v) is 6.24. The van der Waals surface area contributed by atoms with Crippen molar-refractivity contribution < 1.29 is 13.9 Å². The number of ether oxygens (including phenoxy) is 2. The predicted molar refractivity (Wildman–Crippen MR) is 127 cm³/mol. The SMILES string of the molecule is COc1ccc(N2CCN([C@H](c3ccccc3OC)c3nnnn3Cc3ccco3)CC2)cc1. The number of para-hydroxylation sites is 1. The van der Waals surface area contributed by atoms with Gasteiger partial charge in [0.05, 0.1) is 20.5 Å². The van der Waals surface area contributed by atoms with Gasteiger partial charge in [-0.15, -0.1) is 5.10 Å². The van der Waals surface area contributed by atoms with Gasteiger partial charge >= 0.3 is 0 Å². The lowest BCUT2D eigenvalue weighted by Gasteiger charge is -2.40. The summed E-state index contributed by atoms with van der Waals surface area (Å²) in [5.41, 5.74) is 2.23. The van der Waals surface area contributed by atoms with E-state index in [0.29, 0.717) is 6.54 Å². The molecule has 1 aliphatic rings. The lowest BCUT2D eigenvalue weighted by molar-refractivity contribution is 0.197. The highest BCUT2D eigenvalue weighted by Gasteiger charge is 2.32. The van der Waals surface area contributed by atoms with E-state index in [9.17, 15) is 0 Å². The maximum Gasteiger partial charge on any atom is 0.173 e. The zero-order chi connectivity index (χ0) is 23.3. The summed E-state index contributed by atoms with van der Waals surface area (Å²) in [6.45, 7) is 3.94. The van der Waals surface area contributed by atoms with Gasteiger partial charge in [0.2, 0.25) is 0 Å². The molecule has 1 aliphatic heterocycles. The molecule has 34 heavy (non-hydrogen) atoms. The molecule has 1 atom stereocenters. The van der Waals surface area contributed by atoms with Crippen LogP contribution in [0.1, 0.15) is 23.2 Å². The quantitative estimate of drug-likeness (QED) is 0.396. The minimum absolute atomic E-state index is 0.154. The summed E-state index contributed by atoms with van der Waals surface area (Å²) < 4.78 is 18.4. The number of anilines is 1. The number of methoxy groups -OCH3 is 2. The number of rotatable bonds is 8. The topological polar surface area (TPSA) is 81.7 Å². The normalized spacial score (nSPS) is 15.3. The van der Waals surface area contributed by atoms with Crippen LogP contribution in [-0.4, -0.2) is 65.5 Å². The van der Waals surface area contributed by atoms with Gasteiger partial charge in [-0.25, -0.2) is 4.68 Å². The largest absolute Gasteiger partial charge is 0.497 e. The summed E-state index contributed by atoms with van der Waals surface area (Å²) in [5.74, 6) is 3.25. The first kappa shape index (κ1) is 22.0. The van der Waals surface area contributed by atoms with Crippen LogP contribution in [0.4, 0.5) is 5.69 Å². The number of nitrogens with zero attached hydrogens (tertiary/aromatic N) is 6. The molecular formula is C25H28N6O3. The highest BCUT2D eigenvalue weighted by atomic mass is 16.5. The van der Waals surface area contributed by atoms with Crippen molar-refractivity contribution in [3.8, 4) is 11.5 Å². The molecule has 0 amide bonds. The van der Waals surface area contributed by atoms with Crippen molar-refractivity contribution in [2.24, 2.45) is 0 Å². The number of piperazine rings is 1. The molecule has 176 valence electrons. The number of aromatic nitrogens is 4. The first-order chi connectivity index (χ1) is 16.8. The molecule has 0 spiro atoms. The van der Waals surface area contributed by atoms with Gasteiger partial charge in [-0.1, -0.05) is 18.2 Å². The van der Waals surface area contributed by atoms with E-state index < -0.39 is 0 Å². The van der Waals surface area contributed by atoms with Crippen LogP contribution in [0, 0.1) is 0 Å². The van der Waals surface area contributed by atoms with Gasteiger partial charge in [0.25, 0.3) is 0 Å². The Kier molecular flexibility index (Phi) is 6.44. The van der Waals surface area contributed by atoms with Crippen LogP contribution in [-0.2, 0) is 6.54 Å². The van der Waals surface area contributed by atoms with Crippen molar-refractivity contribution in [2.75, 3.05) is 45.3 Å². The lowest BCUT2D eigenvalue weighted by atomic mass is 10.0. The van der Waals surface area contributed by atoms with Crippen LogP contribution in [0.5, 0.6) is 11.5 Å². The first-order valence-electron chi connectivity index (χ1n) is 11.3. The molecule has 3 heterocycles. The van der Waals surface area contributed by atoms with Gasteiger partial charge in [0.15, 0.2) is 5.82 Å². The van der Waals surface area contributed by atoms with Crippen LogP contribution < -0.4 is 14.4 Å². The Balaban J connectivity index is 1.43. The number of benzene rings is 2. The van der Waals surface area contributed by atoms with E-state index in [1.165, 1.54) is 5.69 Å². The van der Waals surface area contributed by atoms with Crippen molar-refractivity contribution in [3.05, 3.63) is 84.1 Å². The van der Waals surface area contributed by atoms with Gasteiger partial charge in [-0.3, -0.25) is 4.90 Å². The molecule has 2 aromatic heterocycles. The molecule has 5 rings (SSSR count). The van der Waals surface area contributed by atoms with E-state index >= 15 is 0 Å². The average Bonchev–Trinajstić information content (AvgIpc) is 3.58. The fraction of sp³-hybridized carbons (Fsp3) is 0.320. The number of tetrazole rings is 1. The Hall–Kier alpha value is -3.85.